The molecule has 1 aromatic rings. The molecule has 0 saturated carbocycles. The Balaban J connectivity index is 2.03. The summed E-state index contributed by atoms with van der Waals surface area (Å²) < 4.78 is 12.7. The minimum absolute atomic E-state index is 0.136. The Kier molecular flexibility index (Phi) is 4.61. The van der Waals surface area contributed by atoms with Crippen molar-refractivity contribution >= 4 is 14.0 Å². The summed E-state index contributed by atoms with van der Waals surface area (Å²) in [6.07, 6.45) is 0.603. The largest absolute Gasteiger partial charge is 0.476 e. The zero-order valence-corrected chi connectivity index (χ0v) is 13.3. The van der Waals surface area contributed by atoms with E-state index in [-0.39, 0.29) is 5.69 Å². The highest BCUT2D eigenvalue weighted by atomic mass is 28.3. The van der Waals surface area contributed by atoms with Crippen LogP contribution in [-0.4, -0.2) is 42.1 Å². The van der Waals surface area contributed by atoms with E-state index in [9.17, 15) is 9.90 Å². The van der Waals surface area contributed by atoms with Crippen LogP contribution in [0, 0.1) is 0 Å². The number of carbonyl (C=O) groups is 1. The van der Waals surface area contributed by atoms with Gasteiger partial charge in [-0.15, -0.1) is 0 Å². The van der Waals surface area contributed by atoms with E-state index in [0.717, 1.165) is 17.3 Å². The topological polar surface area (TPSA) is 73.6 Å². The van der Waals surface area contributed by atoms with E-state index in [1.807, 2.05) is 0 Å². The van der Waals surface area contributed by atoms with Crippen LogP contribution in [0.25, 0.3) is 0 Å². The third kappa shape index (κ3) is 3.68. The van der Waals surface area contributed by atoms with Gasteiger partial charge in [-0.3, -0.25) is 0 Å². The number of aromatic carboxylic acids is 1. The van der Waals surface area contributed by atoms with Crippen molar-refractivity contribution in [2.75, 3.05) is 13.2 Å². The quantitative estimate of drug-likeness (QED) is 0.642. The number of hydrogen-bond acceptors (Lipinski definition) is 4. The molecule has 0 aliphatic carbocycles. The lowest BCUT2D eigenvalue weighted by molar-refractivity contribution is 0.0601. The molecule has 0 atom stereocenters. The molecule has 0 bridgehead atoms. The van der Waals surface area contributed by atoms with Gasteiger partial charge in [0.25, 0.3) is 0 Å². The molecule has 0 radical (unpaired) electrons. The van der Waals surface area contributed by atoms with E-state index in [0.29, 0.717) is 33.0 Å². The predicted octanol–water partition coefficient (Wildman–Crippen LogP) is 1.97. The standard InChI is InChI=1S/C13H22N2O4Si/c1-20(2,3)7-6-19-9-15-11-8-18-5-4-10(11)12(14-15)13(16)17/h4-9H2,1-3H3,(H,16,17). The minimum atomic E-state index is -1.11. The summed E-state index contributed by atoms with van der Waals surface area (Å²) in [5, 5.41) is 13.3. The Labute approximate surface area is 119 Å². The Bertz CT molecular complexity index is 493. The van der Waals surface area contributed by atoms with Crippen LogP contribution < -0.4 is 0 Å². The van der Waals surface area contributed by atoms with Crippen molar-refractivity contribution in [3.8, 4) is 0 Å². The monoisotopic (exact) mass is 298 g/mol. The number of carboxylic acid groups (broad SMARTS) is 1. The summed E-state index contributed by atoms with van der Waals surface area (Å²) in [6, 6.07) is 1.08. The molecule has 0 aromatic carbocycles. The van der Waals surface area contributed by atoms with Gasteiger partial charge in [-0.25, -0.2) is 9.48 Å². The Morgan fingerprint density at radius 3 is 2.90 bits per heavy atom. The van der Waals surface area contributed by atoms with Crippen molar-refractivity contribution in [2.45, 2.75) is 45.4 Å². The van der Waals surface area contributed by atoms with Crippen LogP contribution in [0.4, 0.5) is 0 Å². The predicted molar refractivity (Wildman–Crippen MR) is 76.7 cm³/mol. The first-order valence-electron chi connectivity index (χ1n) is 6.86. The second-order valence-corrected chi connectivity index (χ2v) is 11.9. The molecule has 1 aliphatic rings. The molecule has 1 aromatic heterocycles. The molecule has 0 fully saturated rings. The summed E-state index contributed by atoms with van der Waals surface area (Å²) in [6.45, 7) is 8.83. The number of aromatic nitrogens is 2. The van der Waals surface area contributed by atoms with E-state index in [1.54, 1.807) is 4.68 Å². The highest BCUT2D eigenvalue weighted by Crippen LogP contribution is 2.21. The zero-order valence-electron chi connectivity index (χ0n) is 12.3. The average Bonchev–Trinajstić information content (AvgIpc) is 2.73. The van der Waals surface area contributed by atoms with Crippen LogP contribution in [0.2, 0.25) is 25.7 Å². The molecule has 7 heteroatoms. The van der Waals surface area contributed by atoms with Gasteiger partial charge < -0.3 is 14.6 Å². The van der Waals surface area contributed by atoms with E-state index >= 15 is 0 Å². The van der Waals surface area contributed by atoms with Gasteiger partial charge in [0.1, 0.15) is 6.73 Å². The molecular formula is C13H22N2O4Si. The lowest BCUT2D eigenvalue weighted by atomic mass is 10.1. The zero-order chi connectivity index (χ0) is 14.8. The van der Waals surface area contributed by atoms with Crippen LogP contribution in [0.5, 0.6) is 0 Å². The number of rotatable bonds is 6. The van der Waals surface area contributed by atoms with Crippen molar-refractivity contribution in [3.05, 3.63) is 17.0 Å². The Morgan fingerprint density at radius 1 is 1.50 bits per heavy atom. The molecule has 6 nitrogen and oxygen atoms in total. The second-order valence-electron chi connectivity index (χ2n) is 6.23. The van der Waals surface area contributed by atoms with Gasteiger partial charge in [0.15, 0.2) is 5.69 Å². The molecule has 112 valence electrons. The number of nitrogens with zero attached hydrogens (tertiary/aromatic N) is 2. The highest BCUT2D eigenvalue weighted by molar-refractivity contribution is 6.76. The van der Waals surface area contributed by atoms with E-state index < -0.39 is 14.0 Å². The smallest absolute Gasteiger partial charge is 0.356 e. The first kappa shape index (κ1) is 15.2. The SMILES string of the molecule is C[Si](C)(C)CCOCn1nc(C(=O)O)c2c1COCC2. The third-order valence-electron chi connectivity index (χ3n) is 3.31. The molecular weight excluding hydrogens is 276 g/mol. The summed E-state index contributed by atoms with van der Waals surface area (Å²) in [7, 11) is -1.11. The van der Waals surface area contributed by atoms with Crippen molar-refractivity contribution < 1.29 is 19.4 Å². The molecule has 0 unspecified atom stereocenters. The van der Waals surface area contributed by atoms with Gasteiger partial charge >= 0.3 is 5.97 Å². The van der Waals surface area contributed by atoms with Crippen LogP contribution >= 0.6 is 0 Å². The Morgan fingerprint density at radius 2 is 2.25 bits per heavy atom. The van der Waals surface area contributed by atoms with Crippen LogP contribution in [0.1, 0.15) is 21.7 Å². The van der Waals surface area contributed by atoms with E-state index in [2.05, 4.69) is 24.7 Å². The fourth-order valence-corrected chi connectivity index (χ4v) is 2.87. The first-order valence-corrected chi connectivity index (χ1v) is 10.6. The summed E-state index contributed by atoms with van der Waals surface area (Å²) >= 11 is 0. The summed E-state index contributed by atoms with van der Waals surface area (Å²) in [5.74, 6) is -0.982. The van der Waals surface area contributed by atoms with Gasteiger partial charge in [0.2, 0.25) is 0 Å². The number of fused-ring (bicyclic) bond motifs is 1. The molecule has 0 amide bonds. The van der Waals surface area contributed by atoms with Gasteiger partial charge in [-0.1, -0.05) is 19.6 Å². The molecule has 2 rings (SSSR count). The fraction of sp³-hybridized carbons (Fsp3) is 0.692. The maximum atomic E-state index is 11.2. The van der Waals surface area contributed by atoms with Gasteiger partial charge in [0, 0.05) is 26.7 Å². The maximum absolute atomic E-state index is 11.2. The molecule has 0 saturated heterocycles. The molecule has 0 spiro atoms. The van der Waals surface area contributed by atoms with Crippen molar-refractivity contribution in [3.63, 3.8) is 0 Å². The van der Waals surface area contributed by atoms with E-state index in [1.165, 1.54) is 0 Å². The van der Waals surface area contributed by atoms with Crippen molar-refractivity contribution in [2.24, 2.45) is 0 Å². The normalized spacial score (nSPS) is 15.2. The number of hydrogen-bond donors (Lipinski definition) is 1. The molecule has 1 N–H and O–H groups in total. The van der Waals surface area contributed by atoms with E-state index in [4.69, 9.17) is 9.47 Å². The van der Waals surface area contributed by atoms with Crippen LogP contribution in [0.3, 0.4) is 0 Å². The third-order valence-corrected chi connectivity index (χ3v) is 5.02. The van der Waals surface area contributed by atoms with Crippen molar-refractivity contribution in [1.29, 1.82) is 0 Å². The molecule has 1 aliphatic heterocycles. The molecule has 20 heavy (non-hydrogen) atoms. The second kappa shape index (κ2) is 6.07. The number of carboxylic acids is 1. The van der Waals surface area contributed by atoms with Crippen LogP contribution in [-0.2, 0) is 29.2 Å². The summed E-state index contributed by atoms with van der Waals surface area (Å²) in [5.41, 5.74) is 1.76. The van der Waals surface area contributed by atoms with Crippen LogP contribution in [0.15, 0.2) is 0 Å². The fourth-order valence-electron chi connectivity index (χ4n) is 2.11. The first-order chi connectivity index (χ1) is 9.38. The molecule has 2 heterocycles. The van der Waals surface area contributed by atoms with Crippen molar-refractivity contribution in [1.82, 2.24) is 9.78 Å². The lowest BCUT2D eigenvalue weighted by Crippen LogP contribution is -2.22. The Hall–Kier alpha value is -1.18. The number of ether oxygens (including phenoxy) is 2. The average molecular weight is 298 g/mol. The highest BCUT2D eigenvalue weighted by Gasteiger charge is 2.25. The maximum Gasteiger partial charge on any atom is 0.356 e. The lowest BCUT2D eigenvalue weighted by Gasteiger charge is -2.17. The van der Waals surface area contributed by atoms with Gasteiger partial charge in [-0.05, 0) is 6.04 Å². The summed E-state index contributed by atoms with van der Waals surface area (Å²) in [4.78, 5) is 11.2. The minimum Gasteiger partial charge on any atom is -0.476 e. The van der Waals surface area contributed by atoms with Gasteiger partial charge in [0.05, 0.1) is 18.9 Å². The van der Waals surface area contributed by atoms with Gasteiger partial charge in [-0.2, -0.15) is 5.10 Å².